The van der Waals surface area contributed by atoms with E-state index in [1.165, 1.54) is 0 Å². The van der Waals surface area contributed by atoms with Crippen molar-refractivity contribution in [3.05, 3.63) is 11.8 Å². The molecule has 50 valence electrons. The molecule has 1 unspecified atom stereocenters. The third kappa shape index (κ3) is 1.22. The van der Waals surface area contributed by atoms with Crippen molar-refractivity contribution >= 4 is 5.84 Å². The fourth-order valence-electron chi connectivity index (χ4n) is 0.778. The van der Waals surface area contributed by atoms with Gasteiger partial charge in [0.15, 0.2) is 0 Å². The Morgan fingerprint density at radius 2 is 2.33 bits per heavy atom. The summed E-state index contributed by atoms with van der Waals surface area (Å²) in [4.78, 5) is 3.99. The molecule has 1 aliphatic heterocycles. The largest absolute Gasteiger partial charge is 0.396 e. The van der Waals surface area contributed by atoms with Gasteiger partial charge in [0, 0.05) is 6.54 Å². The average molecular weight is 125 g/mol. The van der Waals surface area contributed by atoms with E-state index >= 15 is 0 Å². The van der Waals surface area contributed by atoms with Crippen molar-refractivity contribution in [2.75, 3.05) is 6.54 Å². The first-order chi connectivity index (χ1) is 4.20. The number of hydrogen-bond donors (Lipinski definition) is 2. The Morgan fingerprint density at radius 1 is 1.67 bits per heavy atom. The summed E-state index contributed by atoms with van der Waals surface area (Å²) in [5.41, 5.74) is 11.5. The summed E-state index contributed by atoms with van der Waals surface area (Å²) in [6, 6.07) is 0. The van der Waals surface area contributed by atoms with E-state index < -0.39 is 0 Å². The molecule has 1 heterocycles. The quantitative estimate of drug-likeness (QED) is 0.472. The van der Waals surface area contributed by atoms with Crippen molar-refractivity contribution in [2.24, 2.45) is 22.4 Å². The molecular formula is C6H11N3. The molecule has 0 aromatic heterocycles. The number of amidine groups is 1. The summed E-state index contributed by atoms with van der Waals surface area (Å²) in [6.07, 6.45) is 1.93. The molecule has 0 saturated carbocycles. The zero-order valence-corrected chi connectivity index (χ0v) is 5.46. The predicted molar refractivity (Wildman–Crippen MR) is 37.9 cm³/mol. The van der Waals surface area contributed by atoms with Crippen LogP contribution in [0.4, 0.5) is 0 Å². The van der Waals surface area contributed by atoms with Gasteiger partial charge in [0.1, 0.15) is 5.84 Å². The van der Waals surface area contributed by atoms with Gasteiger partial charge in [0.2, 0.25) is 0 Å². The standard InChI is InChI=1S/C6H11N3/c1-4-2-5(7)6(8)9-3-4/h2,4H,3,7H2,1H3,(H2,8,9). The Hall–Kier alpha value is -0.990. The predicted octanol–water partition coefficient (Wildman–Crippen LogP) is -0.164. The minimum absolute atomic E-state index is 0.442. The second kappa shape index (κ2) is 2.09. The van der Waals surface area contributed by atoms with Crippen molar-refractivity contribution in [3.63, 3.8) is 0 Å². The second-order valence-electron chi connectivity index (χ2n) is 2.33. The van der Waals surface area contributed by atoms with Crippen molar-refractivity contribution in [1.29, 1.82) is 0 Å². The topological polar surface area (TPSA) is 64.4 Å². The zero-order chi connectivity index (χ0) is 6.85. The minimum atomic E-state index is 0.442. The first-order valence-corrected chi connectivity index (χ1v) is 2.97. The number of rotatable bonds is 0. The lowest BCUT2D eigenvalue weighted by Gasteiger charge is -2.11. The van der Waals surface area contributed by atoms with Gasteiger partial charge in [-0.15, -0.1) is 0 Å². The molecule has 0 radical (unpaired) electrons. The fourth-order valence-corrected chi connectivity index (χ4v) is 0.778. The molecule has 1 aliphatic rings. The summed E-state index contributed by atoms with van der Waals surface area (Å²) in [5.74, 6) is 0.922. The van der Waals surface area contributed by atoms with Gasteiger partial charge in [-0.2, -0.15) is 0 Å². The van der Waals surface area contributed by atoms with Crippen LogP contribution in [0.25, 0.3) is 0 Å². The summed E-state index contributed by atoms with van der Waals surface area (Å²) < 4.78 is 0. The first kappa shape index (κ1) is 6.13. The number of hydrogen-bond acceptors (Lipinski definition) is 3. The monoisotopic (exact) mass is 125 g/mol. The van der Waals surface area contributed by atoms with E-state index in [1.54, 1.807) is 0 Å². The highest BCUT2D eigenvalue weighted by atomic mass is 14.9. The van der Waals surface area contributed by atoms with Crippen molar-refractivity contribution in [2.45, 2.75) is 6.92 Å². The smallest absolute Gasteiger partial charge is 0.141 e. The number of nitrogens with zero attached hydrogens (tertiary/aromatic N) is 1. The highest BCUT2D eigenvalue weighted by Gasteiger charge is 2.06. The third-order valence-electron chi connectivity index (χ3n) is 1.31. The van der Waals surface area contributed by atoms with Crippen molar-refractivity contribution in [3.8, 4) is 0 Å². The van der Waals surface area contributed by atoms with Crippen molar-refractivity contribution in [1.82, 2.24) is 0 Å². The molecule has 0 spiro atoms. The van der Waals surface area contributed by atoms with Crippen LogP contribution in [0.15, 0.2) is 16.8 Å². The maximum Gasteiger partial charge on any atom is 0.141 e. The summed E-state index contributed by atoms with van der Waals surface area (Å²) in [5, 5.41) is 0. The maximum absolute atomic E-state index is 5.47. The molecule has 0 saturated heterocycles. The molecule has 3 nitrogen and oxygen atoms in total. The molecule has 0 aromatic carbocycles. The van der Waals surface area contributed by atoms with Crippen LogP contribution in [0, 0.1) is 5.92 Å². The van der Waals surface area contributed by atoms with E-state index in [4.69, 9.17) is 11.5 Å². The Kier molecular flexibility index (Phi) is 1.42. The van der Waals surface area contributed by atoms with Crippen LogP contribution in [-0.4, -0.2) is 12.4 Å². The van der Waals surface area contributed by atoms with E-state index in [0.29, 0.717) is 17.5 Å². The van der Waals surface area contributed by atoms with Gasteiger partial charge in [-0.1, -0.05) is 13.0 Å². The fraction of sp³-hybridized carbons (Fsp3) is 0.500. The Bertz CT molecular complexity index is 169. The molecule has 1 atom stereocenters. The van der Waals surface area contributed by atoms with Crippen LogP contribution in [0.3, 0.4) is 0 Å². The number of dihydropyridines is 1. The molecular weight excluding hydrogens is 114 g/mol. The molecule has 0 bridgehead atoms. The Labute approximate surface area is 54.4 Å². The normalized spacial score (nSPS) is 27.0. The van der Waals surface area contributed by atoms with E-state index in [2.05, 4.69) is 11.9 Å². The zero-order valence-electron chi connectivity index (χ0n) is 5.46. The Morgan fingerprint density at radius 3 is 2.78 bits per heavy atom. The van der Waals surface area contributed by atoms with Gasteiger partial charge in [0.05, 0.1) is 5.70 Å². The van der Waals surface area contributed by atoms with E-state index in [0.717, 1.165) is 6.54 Å². The van der Waals surface area contributed by atoms with Gasteiger partial charge in [-0.25, -0.2) is 0 Å². The molecule has 1 rings (SSSR count). The molecule has 3 heteroatoms. The SMILES string of the molecule is CC1C=C(N)C(N)=NC1. The van der Waals surface area contributed by atoms with Gasteiger partial charge < -0.3 is 11.5 Å². The van der Waals surface area contributed by atoms with Crippen LogP contribution in [-0.2, 0) is 0 Å². The van der Waals surface area contributed by atoms with Crippen LogP contribution in [0.1, 0.15) is 6.92 Å². The van der Waals surface area contributed by atoms with E-state index in [-0.39, 0.29) is 0 Å². The van der Waals surface area contributed by atoms with Crippen LogP contribution >= 0.6 is 0 Å². The molecule has 4 N–H and O–H groups in total. The first-order valence-electron chi connectivity index (χ1n) is 2.97. The van der Waals surface area contributed by atoms with Crippen LogP contribution in [0.5, 0.6) is 0 Å². The number of nitrogens with two attached hydrogens (primary N) is 2. The molecule has 0 amide bonds. The summed E-state index contributed by atoms with van der Waals surface area (Å²) >= 11 is 0. The van der Waals surface area contributed by atoms with Gasteiger partial charge >= 0.3 is 0 Å². The van der Waals surface area contributed by atoms with Gasteiger partial charge in [0.25, 0.3) is 0 Å². The lowest BCUT2D eigenvalue weighted by Crippen LogP contribution is -2.26. The lowest BCUT2D eigenvalue weighted by molar-refractivity contribution is 0.724. The average Bonchev–Trinajstić information content (AvgIpc) is 1.80. The number of aliphatic imine (C=N–C) groups is 1. The summed E-state index contributed by atoms with van der Waals surface area (Å²) in [7, 11) is 0. The molecule has 0 fully saturated rings. The van der Waals surface area contributed by atoms with E-state index in [9.17, 15) is 0 Å². The Balaban J connectivity index is 2.75. The minimum Gasteiger partial charge on any atom is -0.396 e. The molecule has 0 aliphatic carbocycles. The van der Waals surface area contributed by atoms with Gasteiger partial charge in [-0.3, -0.25) is 4.99 Å². The van der Waals surface area contributed by atoms with Crippen LogP contribution < -0.4 is 11.5 Å². The lowest BCUT2D eigenvalue weighted by atomic mass is 10.1. The summed E-state index contributed by atoms with van der Waals surface area (Å²) in [6.45, 7) is 2.83. The van der Waals surface area contributed by atoms with Gasteiger partial charge in [-0.05, 0) is 5.92 Å². The van der Waals surface area contributed by atoms with Crippen LogP contribution in [0.2, 0.25) is 0 Å². The molecule has 0 aromatic rings. The van der Waals surface area contributed by atoms with E-state index in [1.807, 2.05) is 6.08 Å². The molecule has 9 heavy (non-hydrogen) atoms. The maximum atomic E-state index is 5.47. The highest BCUT2D eigenvalue weighted by molar-refractivity contribution is 5.96. The third-order valence-corrected chi connectivity index (χ3v) is 1.31. The second-order valence-corrected chi connectivity index (χ2v) is 2.33. The van der Waals surface area contributed by atoms with Crippen molar-refractivity contribution < 1.29 is 0 Å². The highest BCUT2D eigenvalue weighted by Crippen LogP contribution is 2.05.